The van der Waals surface area contributed by atoms with E-state index in [1.165, 1.54) is 32.4 Å². The molecule has 3 heterocycles. The summed E-state index contributed by atoms with van der Waals surface area (Å²) in [5.74, 6) is -1.21. The standard InChI is InChI=1S/C28H28N4O6/c1-37-27(35)18-9-19(28(36)38-2)11-21(10-18)30-26(34)17-6-7-24(22(29)12-17)31-13-16-8-20(15-31)23-4-3-5-25(33)32(23)14-16/h3-7,9-12,16,20H,8,13-15,29H2,1-2H3,(H,30,34). The van der Waals surface area contributed by atoms with Gasteiger partial charge in [-0.2, -0.15) is 0 Å². The van der Waals surface area contributed by atoms with Crippen molar-refractivity contribution in [1.82, 2.24) is 4.57 Å². The normalized spacial score (nSPS) is 17.8. The highest BCUT2D eigenvalue weighted by Crippen LogP contribution is 2.38. The fourth-order valence-corrected chi connectivity index (χ4v) is 5.45. The molecule has 1 saturated heterocycles. The number of methoxy groups -OCH3 is 2. The minimum atomic E-state index is -0.654. The van der Waals surface area contributed by atoms with Crippen LogP contribution in [0.25, 0.3) is 0 Å². The van der Waals surface area contributed by atoms with Crippen molar-refractivity contribution in [3.63, 3.8) is 0 Å². The number of ether oxygens (including phenoxy) is 2. The molecule has 2 aliphatic rings. The Morgan fingerprint density at radius 1 is 0.895 bits per heavy atom. The van der Waals surface area contributed by atoms with Crippen LogP contribution in [0.4, 0.5) is 17.1 Å². The second-order valence-corrected chi connectivity index (χ2v) is 9.61. The molecule has 1 fully saturated rings. The van der Waals surface area contributed by atoms with Crippen molar-refractivity contribution in [1.29, 1.82) is 0 Å². The number of piperidine rings is 1. The molecule has 0 aliphatic carbocycles. The predicted molar refractivity (Wildman–Crippen MR) is 142 cm³/mol. The first-order chi connectivity index (χ1) is 18.3. The van der Waals surface area contributed by atoms with Gasteiger partial charge in [-0.3, -0.25) is 9.59 Å². The molecule has 0 saturated carbocycles. The number of amides is 1. The van der Waals surface area contributed by atoms with Crippen molar-refractivity contribution < 1.29 is 23.9 Å². The maximum Gasteiger partial charge on any atom is 0.337 e. The van der Waals surface area contributed by atoms with Crippen molar-refractivity contribution in [3.05, 3.63) is 87.3 Å². The molecule has 2 bridgehead atoms. The number of nitrogens with one attached hydrogen (secondary N) is 1. The van der Waals surface area contributed by atoms with Gasteiger partial charge in [0.05, 0.1) is 36.7 Å². The molecule has 2 atom stereocenters. The number of carbonyl (C=O) groups is 3. The maximum absolute atomic E-state index is 13.0. The molecule has 10 nitrogen and oxygen atoms in total. The number of pyridine rings is 1. The van der Waals surface area contributed by atoms with Crippen LogP contribution in [0.2, 0.25) is 0 Å². The summed E-state index contributed by atoms with van der Waals surface area (Å²) in [7, 11) is 2.45. The molecule has 38 heavy (non-hydrogen) atoms. The van der Waals surface area contributed by atoms with Crippen LogP contribution in [0.1, 0.15) is 49.1 Å². The lowest BCUT2D eigenvalue weighted by Crippen LogP contribution is -2.47. The summed E-state index contributed by atoms with van der Waals surface area (Å²) in [6.45, 7) is 2.18. The number of anilines is 3. The molecule has 0 spiro atoms. The Bertz CT molecular complexity index is 1460. The Kier molecular flexibility index (Phi) is 6.62. The molecular weight excluding hydrogens is 488 g/mol. The van der Waals surface area contributed by atoms with Crippen LogP contribution in [0.3, 0.4) is 0 Å². The zero-order valence-corrected chi connectivity index (χ0v) is 21.1. The Morgan fingerprint density at radius 2 is 1.61 bits per heavy atom. The maximum atomic E-state index is 13.0. The van der Waals surface area contributed by atoms with Crippen molar-refractivity contribution in [3.8, 4) is 0 Å². The topological polar surface area (TPSA) is 133 Å². The van der Waals surface area contributed by atoms with Gasteiger partial charge in [0.2, 0.25) is 0 Å². The van der Waals surface area contributed by atoms with Gasteiger partial charge in [-0.05, 0) is 54.8 Å². The second-order valence-electron chi connectivity index (χ2n) is 9.61. The van der Waals surface area contributed by atoms with E-state index in [4.69, 9.17) is 15.2 Å². The Morgan fingerprint density at radius 3 is 2.26 bits per heavy atom. The molecule has 2 aromatic carbocycles. The lowest BCUT2D eigenvalue weighted by atomic mass is 9.83. The van der Waals surface area contributed by atoms with E-state index in [9.17, 15) is 19.2 Å². The summed E-state index contributed by atoms with van der Waals surface area (Å²) in [4.78, 5) is 51.7. The van der Waals surface area contributed by atoms with Gasteiger partial charge < -0.3 is 30.0 Å². The van der Waals surface area contributed by atoms with Crippen molar-refractivity contribution in [2.24, 2.45) is 5.92 Å². The third kappa shape index (κ3) is 4.72. The van der Waals surface area contributed by atoms with Gasteiger partial charge in [0.15, 0.2) is 0 Å². The van der Waals surface area contributed by atoms with E-state index in [1.54, 1.807) is 18.2 Å². The third-order valence-electron chi connectivity index (χ3n) is 7.14. The van der Waals surface area contributed by atoms with E-state index >= 15 is 0 Å². The number of esters is 2. The first-order valence-corrected chi connectivity index (χ1v) is 12.2. The summed E-state index contributed by atoms with van der Waals surface area (Å²) >= 11 is 0. The van der Waals surface area contributed by atoms with Crippen molar-refractivity contribution >= 4 is 34.9 Å². The first-order valence-electron chi connectivity index (χ1n) is 12.2. The number of hydrogen-bond acceptors (Lipinski definition) is 8. The number of aromatic nitrogens is 1. The van der Waals surface area contributed by atoms with Gasteiger partial charge in [-0.1, -0.05) is 6.07 Å². The van der Waals surface area contributed by atoms with Crippen LogP contribution in [0, 0.1) is 5.92 Å². The molecule has 10 heteroatoms. The summed E-state index contributed by atoms with van der Waals surface area (Å²) < 4.78 is 11.4. The second kappa shape index (κ2) is 10.0. The highest BCUT2D eigenvalue weighted by Gasteiger charge is 2.35. The van der Waals surface area contributed by atoms with Crippen LogP contribution in [-0.4, -0.2) is 49.7 Å². The Balaban J connectivity index is 1.36. The summed E-state index contributed by atoms with van der Waals surface area (Å²) in [6.07, 6.45) is 1.03. The molecule has 3 aromatic rings. The van der Waals surface area contributed by atoms with Crippen LogP contribution in [-0.2, 0) is 16.0 Å². The van der Waals surface area contributed by atoms with Crippen LogP contribution in [0.5, 0.6) is 0 Å². The minimum Gasteiger partial charge on any atom is -0.465 e. The van der Waals surface area contributed by atoms with Crippen LogP contribution < -0.4 is 21.5 Å². The number of rotatable bonds is 5. The van der Waals surface area contributed by atoms with Gasteiger partial charge >= 0.3 is 11.9 Å². The highest BCUT2D eigenvalue weighted by atomic mass is 16.5. The Labute approximate surface area is 219 Å². The van der Waals surface area contributed by atoms with Gasteiger partial charge in [-0.25, -0.2) is 9.59 Å². The van der Waals surface area contributed by atoms with Crippen molar-refractivity contribution in [2.45, 2.75) is 18.9 Å². The van der Waals surface area contributed by atoms with Crippen LogP contribution in [0.15, 0.2) is 59.4 Å². The smallest absolute Gasteiger partial charge is 0.337 e. The largest absolute Gasteiger partial charge is 0.465 e. The van der Waals surface area contributed by atoms with E-state index in [1.807, 2.05) is 22.8 Å². The molecule has 0 radical (unpaired) electrons. The van der Waals surface area contributed by atoms with Gasteiger partial charge in [0, 0.05) is 48.6 Å². The minimum absolute atomic E-state index is 0.0383. The van der Waals surface area contributed by atoms with Gasteiger partial charge in [0.25, 0.3) is 11.5 Å². The molecule has 2 aliphatic heterocycles. The van der Waals surface area contributed by atoms with Crippen molar-refractivity contribution in [2.75, 3.05) is 43.3 Å². The molecular formula is C28H28N4O6. The average Bonchev–Trinajstić information content (AvgIpc) is 2.92. The first kappa shape index (κ1) is 25.1. The van der Waals surface area contributed by atoms with E-state index in [0.717, 1.165) is 30.9 Å². The number of fused-ring (bicyclic) bond motifs is 4. The van der Waals surface area contributed by atoms with Gasteiger partial charge in [-0.15, -0.1) is 0 Å². The number of nitrogens with two attached hydrogens (primary N) is 1. The average molecular weight is 517 g/mol. The molecule has 3 N–H and O–H groups in total. The number of carbonyl (C=O) groups excluding carboxylic acids is 3. The fraction of sp³-hybridized carbons (Fsp3) is 0.286. The lowest BCUT2D eigenvalue weighted by molar-refractivity contribution is 0.0599. The zero-order chi connectivity index (χ0) is 27.0. The van der Waals surface area contributed by atoms with Crippen LogP contribution >= 0.6 is 0 Å². The zero-order valence-electron chi connectivity index (χ0n) is 21.1. The van der Waals surface area contributed by atoms with E-state index in [2.05, 4.69) is 10.2 Å². The van der Waals surface area contributed by atoms with Gasteiger partial charge in [0.1, 0.15) is 0 Å². The fourth-order valence-electron chi connectivity index (χ4n) is 5.45. The van der Waals surface area contributed by atoms with E-state index in [-0.39, 0.29) is 28.3 Å². The summed E-state index contributed by atoms with van der Waals surface area (Å²) in [5.41, 5.74) is 9.55. The summed E-state index contributed by atoms with van der Waals surface area (Å²) in [5, 5.41) is 2.72. The molecule has 1 aromatic heterocycles. The Hall–Kier alpha value is -4.60. The van der Waals surface area contributed by atoms with E-state index in [0.29, 0.717) is 23.7 Å². The monoisotopic (exact) mass is 516 g/mol. The number of nitrogens with zero attached hydrogens (tertiary/aromatic N) is 2. The highest BCUT2D eigenvalue weighted by molar-refractivity contribution is 6.07. The third-order valence-corrected chi connectivity index (χ3v) is 7.14. The quantitative estimate of drug-likeness (QED) is 0.391. The lowest BCUT2D eigenvalue weighted by Gasteiger charge is -2.44. The number of hydrogen-bond donors (Lipinski definition) is 2. The number of benzene rings is 2. The molecule has 2 unspecified atom stereocenters. The number of nitrogen functional groups attached to an aromatic ring is 1. The van der Waals surface area contributed by atoms with E-state index < -0.39 is 17.8 Å². The molecule has 1 amide bonds. The summed E-state index contributed by atoms with van der Waals surface area (Å²) in [6, 6.07) is 14.7. The predicted octanol–water partition coefficient (Wildman–Crippen LogP) is 2.88. The SMILES string of the molecule is COC(=O)c1cc(NC(=O)c2ccc(N3CC4CC(C3)c3cccc(=O)n3C4)c(N)c2)cc(C(=O)OC)c1. The molecule has 5 rings (SSSR count). The molecule has 196 valence electrons.